The first kappa shape index (κ1) is 11.0. The van der Waals surface area contributed by atoms with Crippen molar-refractivity contribution in [2.75, 3.05) is 4.90 Å². The summed E-state index contributed by atoms with van der Waals surface area (Å²) >= 11 is 0. The number of fused-ring (bicyclic) bond motifs is 4. The molecule has 0 saturated carbocycles. The van der Waals surface area contributed by atoms with Crippen LogP contribution in [0.1, 0.15) is 11.1 Å². The molecule has 2 nitrogen and oxygen atoms in total. The van der Waals surface area contributed by atoms with E-state index in [4.69, 9.17) is 4.74 Å². The standard InChI is InChI=1S/C19H13NO/c1-2-8-15-13(6-1)12-14-7-5-11-18-19(14)20(15)16-9-3-4-10-17(16)21-18/h1-11H,12H2. The van der Waals surface area contributed by atoms with Crippen LogP contribution in [0, 0.1) is 0 Å². The van der Waals surface area contributed by atoms with Crippen LogP contribution < -0.4 is 9.64 Å². The van der Waals surface area contributed by atoms with Crippen LogP contribution in [-0.2, 0) is 6.42 Å². The molecule has 0 fully saturated rings. The van der Waals surface area contributed by atoms with Gasteiger partial charge in [0.15, 0.2) is 11.5 Å². The quantitative estimate of drug-likeness (QED) is 0.385. The molecular formula is C19H13NO. The molecule has 100 valence electrons. The van der Waals surface area contributed by atoms with Crippen molar-refractivity contribution in [2.45, 2.75) is 6.42 Å². The molecule has 0 unspecified atom stereocenters. The highest BCUT2D eigenvalue weighted by molar-refractivity contribution is 5.91. The Labute approximate surface area is 123 Å². The van der Waals surface area contributed by atoms with Crippen LogP contribution in [0.25, 0.3) is 0 Å². The zero-order chi connectivity index (χ0) is 13.8. The SMILES string of the molecule is c1ccc2c(c1)Cc1cccc3c1N2c1ccccc1O3. The van der Waals surface area contributed by atoms with E-state index in [2.05, 4.69) is 59.5 Å². The molecular weight excluding hydrogens is 258 g/mol. The second-order valence-electron chi connectivity index (χ2n) is 5.47. The van der Waals surface area contributed by atoms with Gasteiger partial charge in [-0.3, -0.25) is 0 Å². The van der Waals surface area contributed by atoms with Crippen molar-refractivity contribution in [3.63, 3.8) is 0 Å². The lowest BCUT2D eigenvalue weighted by Crippen LogP contribution is -2.22. The van der Waals surface area contributed by atoms with Crippen molar-refractivity contribution in [3.05, 3.63) is 77.9 Å². The third-order valence-electron chi connectivity index (χ3n) is 4.25. The molecule has 2 heterocycles. The number of ether oxygens (including phenoxy) is 1. The minimum absolute atomic E-state index is 0.916. The highest BCUT2D eigenvalue weighted by Gasteiger charge is 2.32. The van der Waals surface area contributed by atoms with Crippen LogP contribution in [0.2, 0.25) is 0 Å². The highest BCUT2D eigenvalue weighted by Crippen LogP contribution is 2.54. The van der Waals surface area contributed by atoms with Gasteiger partial charge in [-0.05, 0) is 35.4 Å². The number of hydrogen-bond acceptors (Lipinski definition) is 2. The molecule has 5 rings (SSSR count). The monoisotopic (exact) mass is 271 g/mol. The topological polar surface area (TPSA) is 12.5 Å². The van der Waals surface area contributed by atoms with E-state index in [1.807, 2.05) is 12.1 Å². The van der Waals surface area contributed by atoms with Crippen LogP contribution in [0.3, 0.4) is 0 Å². The van der Waals surface area contributed by atoms with Gasteiger partial charge in [0.2, 0.25) is 0 Å². The molecule has 0 aromatic heterocycles. The molecule has 2 heteroatoms. The average molecular weight is 271 g/mol. The molecule has 2 aliphatic rings. The smallest absolute Gasteiger partial charge is 0.151 e. The molecule has 0 bridgehead atoms. The first-order chi connectivity index (χ1) is 10.4. The summed E-state index contributed by atoms with van der Waals surface area (Å²) in [6.07, 6.45) is 0.960. The van der Waals surface area contributed by atoms with Gasteiger partial charge < -0.3 is 9.64 Å². The fourth-order valence-electron chi connectivity index (χ4n) is 3.35. The third kappa shape index (κ3) is 1.42. The maximum absolute atomic E-state index is 6.10. The summed E-state index contributed by atoms with van der Waals surface area (Å²) in [5.41, 5.74) is 6.24. The largest absolute Gasteiger partial charge is 0.453 e. The molecule has 0 atom stereocenters. The van der Waals surface area contributed by atoms with Gasteiger partial charge in [0.25, 0.3) is 0 Å². The zero-order valence-corrected chi connectivity index (χ0v) is 11.4. The summed E-state index contributed by atoms with van der Waals surface area (Å²) in [4.78, 5) is 2.34. The number of nitrogens with zero attached hydrogens (tertiary/aromatic N) is 1. The number of benzene rings is 3. The van der Waals surface area contributed by atoms with E-state index in [0.717, 1.165) is 23.6 Å². The molecule has 21 heavy (non-hydrogen) atoms. The molecule has 0 N–H and O–H groups in total. The molecule has 0 saturated heterocycles. The summed E-state index contributed by atoms with van der Waals surface area (Å²) < 4.78 is 6.10. The van der Waals surface area contributed by atoms with Crippen molar-refractivity contribution in [1.29, 1.82) is 0 Å². The number of anilines is 3. The van der Waals surface area contributed by atoms with Crippen molar-refractivity contribution in [1.82, 2.24) is 0 Å². The highest BCUT2D eigenvalue weighted by atomic mass is 16.5. The fraction of sp³-hybridized carbons (Fsp3) is 0.0526. The number of hydrogen-bond donors (Lipinski definition) is 0. The number of para-hydroxylation sites is 4. The average Bonchev–Trinajstić information content (AvgIpc) is 2.54. The molecule has 3 aromatic rings. The third-order valence-corrected chi connectivity index (χ3v) is 4.25. The predicted octanol–water partition coefficient (Wildman–Crippen LogP) is 5.17. The summed E-state index contributed by atoms with van der Waals surface area (Å²) in [5.74, 6) is 1.86. The Kier molecular flexibility index (Phi) is 2.03. The Morgan fingerprint density at radius 1 is 0.667 bits per heavy atom. The second kappa shape index (κ2) is 3.89. The van der Waals surface area contributed by atoms with E-state index in [0.29, 0.717) is 0 Å². The van der Waals surface area contributed by atoms with Gasteiger partial charge in [0.1, 0.15) is 0 Å². The lowest BCUT2D eigenvalue weighted by molar-refractivity contribution is 0.475. The van der Waals surface area contributed by atoms with E-state index in [-0.39, 0.29) is 0 Å². The van der Waals surface area contributed by atoms with Crippen LogP contribution in [-0.4, -0.2) is 0 Å². The minimum Gasteiger partial charge on any atom is -0.453 e. The van der Waals surface area contributed by atoms with Gasteiger partial charge in [-0.2, -0.15) is 0 Å². The maximum Gasteiger partial charge on any atom is 0.151 e. The number of rotatable bonds is 0. The van der Waals surface area contributed by atoms with Crippen LogP contribution in [0.5, 0.6) is 11.5 Å². The first-order valence-electron chi connectivity index (χ1n) is 7.18. The summed E-state index contributed by atoms with van der Waals surface area (Å²) in [6, 6.07) is 23.2. The van der Waals surface area contributed by atoms with Gasteiger partial charge in [-0.15, -0.1) is 0 Å². The lowest BCUT2D eigenvalue weighted by Gasteiger charge is -2.38. The zero-order valence-electron chi connectivity index (χ0n) is 11.4. The Morgan fingerprint density at radius 2 is 1.38 bits per heavy atom. The molecule has 0 spiro atoms. The molecule has 0 amide bonds. The van der Waals surface area contributed by atoms with Crippen molar-refractivity contribution in [3.8, 4) is 11.5 Å². The van der Waals surface area contributed by atoms with Crippen molar-refractivity contribution < 1.29 is 4.74 Å². The Bertz CT molecular complexity index is 801. The Hall–Kier alpha value is -2.74. The lowest BCUT2D eigenvalue weighted by atomic mass is 9.93. The molecule has 2 aliphatic heterocycles. The van der Waals surface area contributed by atoms with Gasteiger partial charge >= 0.3 is 0 Å². The van der Waals surface area contributed by atoms with Gasteiger partial charge in [0, 0.05) is 12.1 Å². The fourth-order valence-corrected chi connectivity index (χ4v) is 3.35. The van der Waals surface area contributed by atoms with E-state index < -0.39 is 0 Å². The first-order valence-corrected chi connectivity index (χ1v) is 7.18. The summed E-state index contributed by atoms with van der Waals surface area (Å²) in [5, 5.41) is 0. The van der Waals surface area contributed by atoms with E-state index in [1.165, 1.54) is 22.5 Å². The van der Waals surface area contributed by atoms with Crippen molar-refractivity contribution >= 4 is 17.1 Å². The summed E-state index contributed by atoms with van der Waals surface area (Å²) in [7, 11) is 0. The summed E-state index contributed by atoms with van der Waals surface area (Å²) in [6.45, 7) is 0. The second-order valence-corrected chi connectivity index (χ2v) is 5.47. The molecule has 0 aliphatic carbocycles. The molecule has 0 radical (unpaired) electrons. The predicted molar refractivity (Wildman–Crippen MR) is 84.0 cm³/mol. The maximum atomic E-state index is 6.10. The van der Waals surface area contributed by atoms with Crippen LogP contribution in [0.15, 0.2) is 66.7 Å². The Balaban J connectivity index is 1.88. The van der Waals surface area contributed by atoms with E-state index >= 15 is 0 Å². The normalized spacial score (nSPS) is 13.8. The van der Waals surface area contributed by atoms with Gasteiger partial charge in [0.05, 0.1) is 11.4 Å². The van der Waals surface area contributed by atoms with E-state index in [9.17, 15) is 0 Å². The van der Waals surface area contributed by atoms with Crippen LogP contribution in [0.4, 0.5) is 17.1 Å². The van der Waals surface area contributed by atoms with Gasteiger partial charge in [-0.25, -0.2) is 0 Å². The van der Waals surface area contributed by atoms with Crippen molar-refractivity contribution in [2.24, 2.45) is 0 Å². The van der Waals surface area contributed by atoms with E-state index in [1.54, 1.807) is 0 Å². The molecule has 3 aromatic carbocycles. The van der Waals surface area contributed by atoms with Crippen LogP contribution >= 0.6 is 0 Å². The Morgan fingerprint density at radius 3 is 2.33 bits per heavy atom. The minimum atomic E-state index is 0.916. The van der Waals surface area contributed by atoms with Gasteiger partial charge in [-0.1, -0.05) is 42.5 Å².